The number of carbonyl (C=O) groups excluding carboxylic acids is 1. The van der Waals surface area contributed by atoms with Crippen molar-refractivity contribution in [1.82, 2.24) is 4.90 Å². The monoisotopic (exact) mass is 389 g/mol. The van der Waals surface area contributed by atoms with Crippen molar-refractivity contribution in [1.29, 1.82) is 0 Å². The highest BCUT2D eigenvalue weighted by atomic mass is 35.5. The number of rotatable bonds is 5. The quantitative estimate of drug-likeness (QED) is 0.639. The molecule has 4 rings (SSSR count). The van der Waals surface area contributed by atoms with Crippen LogP contribution >= 0.6 is 22.9 Å². The van der Waals surface area contributed by atoms with E-state index in [1.165, 1.54) is 0 Å². The van der Waals surface area contributed by atoms with Crippen molar-refractivity contribution >= 4 is 28.8 Å². The first-order valence-corrected chi connectivity index (χ1v) is 9.39. The van der Waals surface area contributed by atoms with Crippen LogP contribution in [-0.4, -0.2) is 24.0 Å². The van der Waals surface area contributed by atoms with Gasteiger partial charge in [0.05, 0.1) is 24.4 Å². The zero-order chi connectivity index (χ0) is 17.9. The van der Waals surface area contributed by atoms with E-state index < -0.39 is 0 Å². The van der Waals surface area contributed by atoms with E-state index in [2.05, 4.69) is 0 Å². The highest BCUT2D eigenvalue weighted by molar-refractivity contribution is 7.09. The van der Waals surface area contributed by atoms with Crippen LogP contribution in [-0.2, 0) is 13.1 Å². The van der Waals surface area contributed by atoms with Crippen LogP contribution in [0.4, 0.5) is 0 Å². The molecule has 0 atom stereocenters. The van der Waals surface area contributed by atoms with Gasteiger partial charge in [0.25, 0.3) is 5.91 Å². The number of nitrogens with zero attached hydrogens (tertiary/aromatic N) is 1. The number of hydrogen-bond acceptors (Lipinski definition) is 5. The summed E-state index contributed by atoms with van der Waals surface area (Å²) in [7, 11) is 0. The minimum absolute atomic E-state index is 0.145. The molecule has 0 saturated carbocycles. The van der Waals surface area contributed by atoms with Crippen molar-refractivity contribution in [3.8, 4) is 11.5 Å². The number of carbonyl (C=O) groups is 1. The lowest BCUT2D eigenvalue weighted by atomic mass is 10.1. The molecule has 3 aromatic rings. The van der Waals surface area contributed by atoms with Gasteiger partial charge in [-0.05, 0) is 35.7 Å². The van der Waals surface area contributed by atoms with Gasteiger partial charge in [-0.3, -0.25) is 4.79 Å². The highest BCUT2D eigenvalue weighted by Gasteiger charge is 2.23. The van der Waals surface area contributed by atoms with Gasteiger partial charge >= 0.3 is 0 Å². The molecule has 1 aliphatic heterocycles. The number of thiophene rings is 1. The summed E-state index contributed by atoms with van der Waals surface area (Å²) in [4.78, 5) is 16.0. The smallest absolute Gasteiger partial charge is 0.254 e. The highest BCUT2D eigenvalue weighted by Crippen LogP contribution is 2.38. The lowest BCUT2D eigenvalue weighted by molar-refractivity contribution is 0.0718. The van der Waals surface area contributed by atoms with E-state index in [1.54, 1.807) is 34.6 Å². The van der Waals surface area contributed by atoms with Crippen LogP contribution in [0.3, 0.4) is 0 Å². The molecule has 0 fully saturated rings. The fourth-order valence-electron chi connectivity index (χ4n) is 2.80. The van der Waals surface area contributed by atoms with Crippen molar-refractivity contribution in [2.24, 2.45) is 0 Å². The van der Waals surface area contributed by atoms with E-state index in [-0.39, 0.29) is 5.91 Å². The maximum Gasteiger partial charge on any atom is 0.254 e. The molecule has 7 heteroatoms. The van der Waals surface area contributed by atoms with Gasteiger partial charge in [-0.15, -0.1) is 11.3 Å². The second-order valence-corrected chi connectivity index (χ2v) is 7.24. The minimum Gasteiger partial charge on any atom is -0.486 e. The van der Waals surface area contributed by atoms with Gasteiger partial charge < -0.3 is 18.8 Å². The van der Waals surface area contributed by atoms with Gasteiger partial charge in [0.15, 0.2) is 11.5 Å². The zero-order valence-corrected chi connectivity index (χ0v) is 15.4. The molecule has 5 nitrogen and oxygen atoms in total. The summed E-state index contributed by atoms with van der Waals surface area (Å²) in [5.41, 5.74) is 0.461. The van der Waals surface area contributed by atoms with Crippen LogP contribution < -0.4 is 9.47 Å². The third-order valence-electron chi connectivity index (χ3n) is 3.98. The topological polar surface area (TPSA) is 51.9 Å². The molecule has 0 bridgehead atoms. The Kier molecular flexibility index (Phi) is 4.86. The van der Waals surface area contributed by atoms with Gasteiger partial charge in [-0.2, -0.15) is 0 Å². The Bertz CT molecular complexity index is 856. The van der Waals surface area contributed by atoms with Gasteiger partial charge in [0.1, 0.15) is 19.0 Å². The van der Waals surface area contributed by atoms with E-state index in [1.807, 2.05) is 29.6 Å². The number of amides is 1. The number of halogens is 1. The van der Waals surface area contributed by atoms with Crippen molar-refractivity contribution in [3.05, 3.63) is 69.3 Å². The molecule has 134 valence electrons. The van der Waals surface area contributed by atoms with Crippen LogP contribution in [0, 0.1) is 0 Å². The summed E-state index contributed by atoms with van der Waals surface area (Å²) < 4.78 is 16.5. The third-order valence-corrected chi connectivity index (χ3v) is 5.13. The molecule has 1 amide bonds. The van der Waals surface area contributed by atoms with Crippen LogP contribution in [0.15, 0.2) is 52.5 Å². The number of ether oxygens (including phenoxy) is 2. The fourth-order valence-corrected chi connectivity index (χ4v) is 3.78. The van der Waals surface area contributed by atoms with Gasteiger partial charge in [-0.25, -0.2) is 0 Å². The van der Waals surface area contributed by atoms with E-state index in [0.717, 1.165) is 10.6 Å². The Morgan fingerprint density at radius 1 is 1.15 bits per heavy atom. The SMILES string of the molecule is O=C(c1cc(Cl)c2c(c1)OCCO2)N(Cc1ccco1)Cc1cccs1. The first-order valence-electron chi connectivity index (χ1n) is 8.14. The average Bonchev–Trinajstić information content (AvgIpc) is 3.34. The van der Waals surface area contributed by atoms with Crippen molar-refractivity contribution in [2.75, 3.05) is 13.2 Å². The first kappa shape index (κ1) is 17.0. The molecule has 2 aromatic heterocycles. The fraction of sp³-hybridized carbons (Fsp3) is 0.211. The van der Waals surface area contributed by atoms with Crippen molar-refractivity contribution in [2.45, 2.75) is 13.1 Å². The van der Waals surface area contributed by atoms with Crippen LogP contribution in [0.2, 0.25) is 5.02 Å². The lowest BCUT2D eigenvalue weighted by Crippen LogP contribution is -2.30. The largest absolute Gasteiger partial charge is 0.486 e. The Morgan fingerprint density at radius 2 is 2.04 bits per heavy atom. The molecular formula is C19H16ClNO4S. The third kappa shape index (κ3) is 3.57. The van der Waals surface area contributed by atoms with Crippen molar-refractivity contribution < 1.29 is 18.7 Å². The van der Waals surface area contributed by atoms with Gasteiger partial charge in [0, 0.05) is 10.4 Å². The molecule has 0 unspecified atom stereocenters. The van der Waals surface area contributed by atoms with E-state index in [0.29, 0.717) is 48.4 Å². The molecular weight excluding hydrogens is 374 g/mol. The Balaban J connectivity index is 1.64. The maximum absolute atomic E-state index is 13.2. The Labute approximate surface area is 159 Å². The minimum atomic E-state index is -0.145. The summed E-state index contributed by atoms with van der Waals surface area (Å²) in [6, 6.07) is 10.9. The van der Waals surface area contributed by atoms with E-state index in [4.69, 9.17) is 25.5 Å². The predicted octanol–water partition coefficient (Wildman–Crippen LogP) is 4.61. The average molecular weight is 390 g/mol. The molecule has 0 radical (unpaired) electrons. The van der Waals surface area contributed by atoms with Crippen LogP contribution in [0.1, 0.15) is 21.0 Å². The van der Waals surface area contributed by atoms with Crippen LogP contribution in [0.5, 0.6) is 11.5 Å². The summed E-state index contributed by atoms with van der Waals surface area (Å²) in [6.45, 7) is 1.74. The number of fused-ring (bicyclic) bond motifs is 1. The standard InChI is InChI=1S/C19H16ClNO4S/c20-16-9-13(10-17-18(16)25-7-6-24-17)19(22)21(11-14-3-1-5-23-14)12-15-4-2-8-26-15/h1-5,8-10H,6-7,11-12H2. The molecule has 1 aromatic carbocycles. The second kappa shape index (κ2) is 7.43. The number of benzene rings is 1. The predicted molar refractivity (Wildman–Crippen MR) is 99.0 cm³/mol. The summed E-state index contributed by atoms with van der Waals surface area (Å²) in [6.07, 6.45) is 1.60. The lowest BCUT2D eigenvalue weighted by Gasteiger charge is -2.24. The normalized spacial score (nSPS) is 12.8. The van der Waals surface area contributed by atoms with Crippen LogP contribution in [0.25, 0.3) is 0 Å². The Hall–Kier alpha value is -2.44. The van der Waals surface area contributed by atoms with E-state index in [9.17, 15) is 4.79 Å². The van der Waals surface area contributed by atoms with Gasteiger partial charge in [-0.1, -0.05) is 17.7 Å². The summed E-state index contributed by atoms with van der Waals surface area (Å²) >= 11 is 7.90. The summed E-state index contributed by atoms with van der Waals surface area (Å²) in [5.74, 6) is 1.57. The molecule has 1 aliphatic rings. The molecule has 3 heterocycles. The molecule has 0 N–H and O–H groups in total. The molecule has 0 aliphatic carbocycles. The zero-order valence-electron chi connectivity index (χ0n) is 13.8. The number of furan rings is 1. The van der Waals surface area contributed by atoms with Gasteiger partial charge in [0.2, 0.25) is 0 Å². The van der Waals surface area contributed by atoms with Crippen molar-refractivity contribution in [3.63, 3.8) is 0 Å². The summed E-state index contributed by atoms with van der Waals surface area (Å²) in [5, 5.41) is 2.37. The maximum atomic E-state index is 13.2. The Morgan fingerprint density at radius 3 is 2.81 bits per heavy atom. The first-order chi connectivity index (χ1) is 12.7. The second-order valence-electron chi connectivity index (χ2n) is 5.80. The molecule has 0 spiro atoms. The molecule has 0 saturated heterocycles. The van der Waals surface area contributed by atoms with E-state index >= 15 is 0 Å². The number of hydrogen-bond donors (Lipinski definition) is 0. The molecule has 26 heavy (non-hydrogen) atoms.